The van der Waals surface area contributed by atoms with Crippen LogP contribution < -0.4 is 4.31 Å². The van der Waals surface area contributed by atoms with E-state index < -0.39 is 16.0 Å². The molecule has 2 aromatic heterocycles. The third-order valence-electron chi connectivity index (χ3n) is 4.52. The van der Waals surface area contributed by atoms with Gasteiger partial charge >= 0.3 is 5.97 Å². The van der Waals surface area contributed by atoms with Gasteiger partial charge in [0.2, 0.25) is 5.82 Å². The number of aromatic nitrogens is 2. The Hall–Kier alpha value is -3.50. The highest BCUT2D eigenvalue weighted by Gasteiger charge is 2.24. The summed E-state index contributed by atoms with van der Waals surface area (Å²) in [6.45, 7) is 1.79. The number of carbonyl (C=O) groups excluding carboxylic acids is 1. The van der Waals surface area contributed by atoms with Crippen LogP contribution in [0.1, 0.15) is 23.1 Å². The molecule has 0 radical (unpaired) electrons. The van der Waals surface area contributed by atoms with Crippen molar-refractivity contribution in [1.82, 2.24) is 10.1 Å². The zero-order valence-electron chi connectivity index (χ0n) is 17.0. The van der Waals surface area contributed by atoms with Gasteiger partial charge in [0, 0.05) is 6.54 Å². The van der Waals surface area contributed by atoms with Gasteiger partial charge in [-0.25, -0.2) is 13.2 Å². The lowest BCUT2D eigenvalue weighted by Crippen LogP contribution is -2.30. The van der Waals surface area contributed by atoms with Crippen molar-refractivity contribution in [2.75, 3.05) is 10.8 Å². The van der Waals surface area contributed by atoms with E-state index in [0.717, 1.165) is 4.88 Å². The first-order valence-corrected chi connectivity index (χ1v) is 12.0. The first kappa shape index (κ1) is 21.7. The second-order valence-electron chi connectivity index (χ2n) is 6.60. The minimum Gasteiger partial charge on any atom is -0.454 e. The maximum absolute atomic E-state index is 13.2. The van der Waals surface area contributed by atoms with E-state index in [4.69, 9.17) is 9.26 Å². The van der Waals surface area contributed by atoms with E-state index in [-0.39, 0.29) is 29.4 Å². The minimum absolute atomic E-state index is 0.00260. The summed E-state index contributed by atoms with van der Waals surface area (Å²) < 4.78 is 38.1. The maximum atomic E-state index is 13.2. The Morgan fingerprint density at radius 2 is 1.91 bits per heavy atom. The van der Waals surface area contributed by atoms with Crippen molar-refractivity contribution in [2.24, 2.45) is 0 Å². The van der Waals surface area contributed by atoms with E-state index >= 15 is 0 Å². The van der Waals surface area contributed by atoms with Crippen molar-refractivity contribution in [3.8, 4) is 10.8 Å². The fourth-order valence-electron chi connectivity index (χ4n) is 3.02. The van der Waals surface area contributed by atoms with Crippen molar-refractivity contribution in [2.45, 2.75) is 18.4 Å². The number of hydrogen-bond acceptors (Lipinski definition) is 8. The molecule has 0 aliphatic heterocycles. The molecule has 4 rings (SSSR count). The first-order valence-electron chi connectivity index (χ1n) is 9.70. The lowest BCUT2D eigenvalue weighted by Gasteiger charge is -2.23. The van der Waals surface area contributed by atoms with Crippen LogP contribution in [0.15, 0.2) is 81.5 Å². The molecule has 2 aromatic carbocycles. The van der Waals surface area contributed by atoms with E-state index in [0.29, 0.717) is 11.6 Å². The van der Waals surface area contributed by atoms with Gasteiger partial charge in [-0.1, -0.05) is 35.5 Å². The molecule has 0 bridgehead atoms. The second kappa shape index (κ2) is 9.33. The predicted molar refractivity (Wildman–Crippen MR) is 120 cm³/mol. The molecule has 0 aliphatic carbocycles. The number of ether oxygens (including phenoxy) is 1. The molecule has 10 heteroatoms. The Labute approximate surface area is 189 Å². The van der Waals surface area contributed by atoms with E-state index in [1.807, 2.05) is 23.6 Å². The second-order valence-corrected chi connectivity index (χ2v) is 9.41. The lowest BCUT2D eigenvalue weighted by molar-refractivity contribution is 0.0459. The molecule has 2 heterocycles. The van der Waals surface area contributed by atoms with E-state index in [1.54, 1.807) is 31.2 Å². The molecule has 0 unspecified atom stereocenters. The fraction of sp³-hybridized carbons (Fsp3) is 0.136. The normalized spacial score (nSPS) is 11.3. The Bertz CT molecular complexity index is 1300. The van der Waals surface area contributed by atoms with Gasteiger partial charge in [-0.3, -0.25) is 4.31 Å². The van der Waals surface area contributed by atoms with Gasteiger partial charge in [0.15, 0.2) is 6.61 Å². The molecule has 0 amide bonds. The summed E-state index contributed by atoms with van der Waals surface area (Å²) in [5.41, 5.74) is 0.652. The summed E-state index contributed by atoms with van der Waals surface area (Å²) in [6, 6.07) is 18.2. The highest BCUT2D eigenvalue weighted by atomic mass is 32.2. The summed E-state index contributed by atoms with van der Waals surface area (Å²) in [4.78, 5) is 17.5. The summed E-state index contributed by atoms with van der Waals surface area (Å²) in [6.07, 6.45) is 0. The number of hydrogen-bond donors (Lipinski definition) is 0. The highest BCUT2D eigenvalue weighted by molar-refractivity contribution is 7.92. The smallest absolute Gasteiger partial charge is 0.338 e. The number of para-hydroxylation sites is 1. The molecule has 0 fully saturated rings. The molecule has 164 valence electrons. The van der Waals surface area contributed by atoms with Crippen LogP contribution in [-0.4, -0.2) is 31.1 Å². The lowest BCUT2D eigenvalue weighted by atomic mass is 10.2. The monoisotopic (exact) mass is 469 g/mol. The molecule has 0 saturated carbocycles. The standard InChI is InChI=1S/C22H19N3O5S2/c1-2-25(17-9-4-3-5-10-17)32(27,28)18-11-6-8-16(14-18)22(26)29-15-20-23-21(30-24-20)19-12-7-13-31-19/h3-14H,2,15H2,1H3. The topological polar surface area (TPSA) is 103 Å². The number of benzene rings is 2. The molecular weight excluding hydrogens is 450 g/mol. The van der Waals surface area contributed by atoms with Crippen molar-refractivity contribution in [1.29, 1.82) is 0 Å². The number of rotatable bonds is 8. The van der Waals surface area contributed by atoms with Crippen LogP contribution in [0, 0.1) is 0 Å². The van der Waals surface area contributed by atoms with Crippen molar-refractivity contribution < 1.29 is 22.5 Å². The van der Waals surface area contributed by atoms with Gasteiger partial charge in [-0.2, -0.15) is 4.98 Å². The summed E-state index contributed by atoms with van der Waals surface area (Å²) in [5.74, 6) is -0.126. The summed E-state index contributed by atoms with van der Waals surface area (Å²) in [7, 11) is -3.86. The average molecular weight is 470 g/mol. The Morgan fingerprint density at radius 3 is 2.62 bits per heavy atom. The van der Waals surface area contributed by atoms with E-state index in [1.165, 1.54) is 39.9 Å². The quantitative estimate of drug-likeness (QED) is 0.353. The van der Waals surface area contributed by atoms with Crippen LogP contribution in [0.3, 0.4) is 0 Å². The zero-order chi connectivity index (χ0) is 22.6. The van der Waals surface area contributed by atoms with E-state index in [9.17, 15) is 13.2 Å². The van der Waals surface area contributed by atoms with Gasteiger partial charge < -0.3 is 9.26 Å². The van der Waals surface area contributed by atoms with Crippen molar-refractivity contribution >= 4 is 33.0 Å². The molecule has 0 aliphatic rings. The molecule has 32 heavy (non-hydrogen) atoms. The maximum Gasteiger partial charge on any atom is 0.338 e. The van der Waals surface area contributed by atoms with Crippen LogP contribution in [0.2, 0.25) is 0 Å². The van der Waals surface area contributed by atoms with Gasteiger partial charge in [0.25, 0.3) is 15.9 Å². The SMILES string of the molecule is CCN(c1ccccc1)S(=O)(=O)c1cccc(C(=O)OCc2noc(-c3cccs3)n2)c1. The molecule has 0 N–H and O–H groups in total. The number of sulfonamides is 1. The van der Waals surface area contributed by atoms with Crippen LogP contribution in [0.25, 0.3) is 10.8 Å². The Kier molecular flexibility index (Phi) is 6.33. The van der Waals surface area contributed by atoms with Crippen LogP contribution >= 0.6 is 11.3 Å². The molecular formula is C22H19N3O5S2. The average Bonchev–Trinajstić information content (AvgIpc) is 3.51. The van der Waals surface area contributed by atoms with Crippen molar-refractivity contribution in [3.05, 3.63) is 83.5 Å². The van der Waals surface area contributed by atoms with E-state index in [2.05, 4.69) is 10.1 Å². The number of thiophene rings is 1. The molecule has 0 atom stereocenters. The molecule has 8 nitrogen and oxygen atoms in total. The number of esters is 1. The fourth-order valence-corrected chi connectivity index (χ4v) is 5.19. The van der Waals surface area contributed by atoms with Crippen LogP contribution in [0.4, 0.5) is 5.69 Å². The first-order chi connectivity index (χ1) is 15.5. The number of nitrogens with zero attached hydrogens (tertiary/aromatic N) is 3. The molecule has 0 saturated heterocycles. The summed E-state index contributed by atoms with van der Waals surface area (Å²) in [5, 5.41) is 5.69. The molecule has 0 spiro atoms. The predicted octanol–water partition coefficient (Wildman–Crippen LogP) is 4.37. The van der Waals surface area contributed by atoms with Gasteiger partial charge in [-0.15, -0.1) is 11.3 Å². The zero-order valence-corrected chi connectivity index (χ0v) is 18.7. The third-order valence-corrected chi connectivity index (χ3v) is 7.28. The minimum atomic E-state index is -3.86. The largest absolute Gasteiger partial charge is 0.454 e. The highest BCUT2D eigenvalue weighted by Crippen LogP contribution is 2.25. The van der Waals surface area contributed by atoms with Gasteiger partial charge in [-0.05, 0) is 48.7 Å². The van der Waals surface area contributed by atoms with Crippen LogP contribution in [-0.2, 0) is 21.4 Å². The third kappa shape index (κ3) is 4.56. The number of carbonyl (C=O) groups is 1. The van der Waals surface area contributed by atoms with Gasteiger partial charge in [0.1, 0.15) is 0 Å². The van der Waals surface area contributed by atoms with Gasteiger partial charge in [0.05, 0.1) is 21.0 Å². The van der Waals surface area contributed by atoms with Crippen molar-refractivity contribution in [3.63, 3.8) is 0 Å². The Morgan fingerprint density at radius 1 is 1.09 bits per heavy atom. The number of anilines is 1. The summed E-state index contributed by atoms with van der Waals surface area (Å²) >= 11 is 1.45. The van der Waals surface area contributed by atoms with Crippen LogP contribution in [0.5, 0.6) is 0 Å². The Balaban J connectivity index is 1.49. The molecule has 4 aromatic rings.